The highest BCUT2D eigenvalue weighted by Gasteiger charge is 2.17. The van der Waals surface area contributed by atoms with Gasteiger partial charge in [-0.05, 0) is 117 Å². The summed E-state index contributed by atoms with van der Waals surface area (Å²) in [5.74, 6) is -0.815. The van der Waals surface area contributed by atoms with Crippen molar-refractivity contribution in [1.82, 2.24) is 4.98 Å². The molecule has 5 rings (SSSR count). The number of benzene rings is 4. The number of aromatic amines is 1. The van der Waals surface area contributed by atoms with Crippen molar-refractivity contribution in [2.24, 2.45) is 5.10 Å². The van der Waals surface area contributed by atoms with Crippen LogP contribution >= 0.6 is 0 Å². The largest absolute Gasteiger partial charge is 0.502 e. The van der Waals surface area contributed by atoms with Crippen molar-refractivity contribution in [2.75, 3.05) is 38.5 Å². The molecular weight excluding hydrogens is 829 g/mol. The molecule has 0 aliphatic carbocycles. The smallest absolute Gasteiger partial charge is 0.343 e. The quantitative estimate of drug-likeness (QED) is 0.00693. The summed E-state index contributed by atoms with van der Waals surface area (Å²) in [6, 6.07) is 22.3. The number of fused-ring (bicyclic) bond motifs is 1. The van der Waals surface area contributed by atoms with Gasteiger partial charge in [0.1, 0.15) is 23.1 Å². The van der Waals surface area contributed by atoms with Crippen molar-refractivity contribution in [2.45, 2.75) is 44.9 Å². The topological polar surface area (TPSA) is 227 Å². The van der Waals surface area contributed by atoms with Crippen LogP contribution in [0.4, 0.5) is 11.5 Å². The van der Waals surface area contributed by atoms with Crippen LogP contribution in [0.3, 0.4) is 0 Å². The summed E-state index contributed by atoms with van der Waals surface area (Å²) in [7, 11) is 0. The third kappa shape index (κ3) is 14.9. The Balaban J connectivity index is 1.17. The number of nitro groups is 1. The van der Waals surface area contributed by atoms with Crippen LogP contribution in [-0.2, 0) is 30.2 Å². The summed E-state index contributed by atoms with van der Waals surface area (Å²) in [4.78, 5) is 62.0. The van der Waals surface area contributed by atoms with Gasteiger partial charge in [0.25, 0.3) is 0 Å². The number of ether oxygens (including phenoxy) is 6. The lowest BCUT2D eigenvalue weighted by molar-refractivity contribution is -0.385. The maximum absolute atomic E-state index is 13.3. The van der Waals surface area contributed by atoms with Gasteiger partial charge in [0.15, 0.2) is 5.75 Å². The molecule has 1 heterocycles. The van der Waals surface area contributed by atoms with E-state index < -0.39 is 40.2 Å². The van der Waals surface area contributed by atoms with Crippen molar-refractivity contribution in [1.29, 1.82) is 0 Å². The lowest BCUT2D eigenvalue weighted by Crippen LogP contribution is -2.11. The van der Waals surface area contributed by atoms with Gasteiger partial charge in [-0.1, -0.05) is 19.2 Å². The second-order valence-corrected chi connectivity index (χ2v) is 14.0. The highest BCUT2D eigenvalue weighted by molar-refractivity contribution is 5.94. The van der Waals surface area contributed by atoms with Crippen LogP contribution in [0, 0.1) is 10.1 Å². The molecule has 0 fully saturated rings. The number of hydrazone groups is 1. The molecule has 0 saturated heterocycles. The Bertz CT molecular complexity index is 2440. The summed E-state index contributed by atoms with van der Waals surface area (Å²) < 4.78 is 32.8. The van der Waals surface area contributed by atoms with Gasteiger partial charge in [-0.15, -0.1) is 0 Å². The number of nitrogens with one attached hydrogen (secondary N) is 2. The lowest BCUT2D eigenvalue weighted by Gasteiger charge is -2.11. The van der Waals surface area contributed by atoms with Crippen LogP contribution in [0.5, 0.6) is 23.0 Å². The van der Waals surface area contributed by atoms with Gasteiger partial charge in [0, 0.05) is 35.6 Å². The van der Waals surface area contributed by atoms with E-state index in [1.165, 1.54) is 18.3 Å². The molecule has 0 aliphatic rings. The van der Waals surface area contributed by atoms with E-state index in [1.54, 1.807) is 72.8 Å². The van der Waals surface area contributed by atoms with Gasteiger partial charge in [0.05, 0.1) is 60.8 Å². The Kier molecular flexibility index (Phi) is 18.0. The molecule has 0 radical (unpaired) electrons. The Labute approximate surface area is 368 Å². The summed E-state index contributed by atoms with van der Waals surface area (Å²) in [5, 5.41) is 26.1. The molecule has 0 unspecified atom stereocenters. The number of unbranched alkanes of at least 4 members (excludes halogenated alkanes) is 4. The van der Waals surface area contributed by atoms with Crippen molar-refractivity contribution in [3.05, 3.63) is 143 Å². The van der Waals surface area contributed by atoms with Crippen LogP contribution in [0.25, 0.3) is 10.9 Å². The zero-order valence-corrected chi connectivity index (χ0v) is 35.0. The van der Waals surface area contributed by atoms with Crippen LogP contribution < -0.4 is 19.6 Å². The van der Waals surface area contributed by atoms with E-state index in [0.29, 0.717) is 85.0 Å². The van der Waals surface area contributed by atoms with Gasteiger partial charge >= 0.3 is 29.6 Å². The number of nitrogens with zero attached hydrogens (tertiary/aromatic N) is 2. The van der Waals surface area contributed by atoms with Gasteiger partial charge in [-0.2, -0.15) is 5.10 Å². The van der Waals surface area contributed by atoms with E-state index in [2.05, 4.69) is 28.7 Å². The minimum absolute atomic E-state index is 0.0424. The molecule has 5 aromatic rings. The van der Waals surface area contributed by atoms with Crippen molar-refractivity contribution in [3.8, 4) is 23.0 Å². The normalized spacial score (nSPS) is 10.8. The maximum Gasteiger partial charge on any atom is 0.343 e. The first-order valence-corrected chi connectivity index (χ1v) is 20.4. The second-order valence-electron chi connectivity index (χ2n) is 14.0. The number of anilines is 1. The Morgan fingerprint density at radius 1 is 0.703 bits per heavy atom. The number of H-pyrrole nitrogens is 1. The first kappa shape index (κ1) is 47.1. The predicted octanol–water partition coefficient (Wildman–Crippen LogP) is 8.40. The molecule has 1 aromatic heterocycles. The number of hydrogen-bond donors (Lipinski definition) is 3. The second kappa shape index (κ2) is 24.5. The average Bonchev–Trinajstić information content (AvgIpc) is 3.70. The highest BCUT2D eigenvalue weighted by atomic mass is 16.6. The van der Waals surface area contributed by atoms with E-state index in [1.807, 2.05) is 0 Å². The molecule has 334 valence electrons. The number of aromatic nitrogens is 1. The Morgan fingerprint density at radius 3 is 1.86 bits per heavy atom. The first-order chi connectivity index (χ1) is 31.0. The van der Waals surface area contributed by atoms with Gasteiger partial charge in [0.2, 0.25) is 0 Å². The summed E-state index contributed by atoms with van der Waals surface area (Å²) in [5.41, 5.74) is 4.52. The summed E-state index contributed by atoms with van der Waals surface area (Å²) >= 11 is 0. The first-order valence-electron chi connectivity index (χ1n) is 20.4. The number of nitro benzene ring substituents is 1. The van der Waals surface area contributed by atoms with Crippen LogP contribution in [0.2, 0.25) is 0 Å². The fraction of sp³-hybridized carbons (Fsp3) is 0.255. The van der Waals surface area contributed by atoms with Crippen molar-refractivity contribution >= 4 is 52.5 Å². The molecule has 0 spiro atoms. The number of carbonyl (C=O) groups is 4. The minimum Gasteiger partial charge on any atom is -0.502 e. The minimum atomic E-state index is -0.687. The van der Waals surface area contributed by atoms with Gasteiger partial charge < -0.3 is 38.5 Å². The molecule has 17 nitrogen and oxygen atoms in total. The SMILES string of the molecule is C=CC(=O)OCCCCCOc1ccc(C(=O)OCCc2ccc(OC(=O)c3ccc(OCCCCCOC(=O)C=C)cc3)c(/C=N/Nc3cc4cc(O)c([N+](=O)[O-])cc4[nH]3)c2)cc1. The fourth-order valence-corrected chi connectivity index (χ4v) is 5.97. The molecule has 0 bridgehead atoms. The number of hydrogen-bond acceptors (Lipinski definition) is 15. The summed E-state index contributed by atoms with van der Waals surface area (Å²) in [6.45, 7) is 8.30. The highest BCUT2D eigenvalue weighted by Crippen LogP contribution is 2.32. The molecule has 17 heteroatoms. The average molecular weight is 877 g/mol. The van der Waals surface area contributed by atoms with Crippen LogP contribution in [-0.4, -0.2) is 78.1 Å². The summed E-state index contributed by atoms with van der Waals surface area (Å²) in [6.07, 6.45) is 8.52. The third-order valence-corrected chi connectivity index (χ3v) is 9.32. The lowest BCUT2D eigenvalue weighted by atomic mass is 10.1. The monoisotopic (exact) mass is 876 g/mol. The Morgan fingerprint density at radius 2 is 1.28 bits per heavy atom. The number of esters is 4. The Hall–Kier alpha value is -7.95. The van der Waals surface area contributed by atoms with E-state index >= 15 is 0 Å². The van der Waals surface area contributed by atoms with E-state index in [4.69, 9.17) is 28.4 Å². The molecule has 0 saturated carbocycles. The number of phenolic OH excluding ortho intramolecular Hbond substituents is 1. The molecule has 3 N–H and O–H groups in total. The predicted molar refractivity (Wildman–Crippen MR) is 237 cm³/mol. The number of aromatic hydroxyl groups is 1. The fourth-order valence-electron chi connectivity index (χ4n) is 5.97. The van der Waals surface area contributed by atoms with E-state index in [0.717, 1.165) is 43.4 Å². The molecule has 0 amide bonds. The number of carbonyl (C=O) groups excluding carboxylic acids is 4. The van der Waals surface area contributed by atoms with Crippen LogP contribution in [0.15, 0.2) is 115 Å². The maximum atomic E-state index is 13.3. The van der Waals surface area contributed by atoms with E-state index in [-0.39, 0.29) is 17.9 Å². The molecule has 0 atom stereocenters. The van der Waals surface area contributed by atoms with Crippen molar-refractivity contribution < 1.29 is 57.6 Å². The molecule has 4 aromatic carbocycles. The zero-order chi connectivity index (χ0) is 45.7. The standard InChI is InChI=1S/C47H48N4O13/c1-3-44(53)61-24-9-5-7-22-59-37-16-12-33(13-17-37)46(55)63-26-21-32-11-20-42(36(27-32)31-48-50-43-29-35-28-41(52)40(51(57)58)30-39(35)49-43)64-47(56)34-14-18-38(19-15-34)60-23-8-6-10-25-62-45(54)4-2/h3-4,11-20,27-31,49-50,52H,1-2,5-10,21-26H2/b48-31+. The zero-order valence-electron chi connectivity index (χ0n) is 35.0. The number of rotatable bonds is 26. The third-order valence-electron chi connectivity index (χ3n) is 9.32. The van der Waals surface area contributed by atoms with Crippen molar-refractivity contribution in [3.63, 3.8) is 0 Å². The number of phenols is 1. The van der Waals surface area contributed by atoms with Crippen LogP contribution in [0.1, 0.15) is 70.4 Å². The van der Waals surface area contributed by atoms with Gasteiger partial charge in [-0.25, -0.2) is 19.2 Å². The van der Waals surface area contributed by atoms with E-state index in [9.17, 15) is 34.4 Å². The molecule has 64 heavy (non-hydrogen) atoms. The molecular formula is C47H48N4O13. The van der Waals surface area contributed by atoms with Gasteiger partial charge in [-0.3, -0.25) is 15.5 Å². The molecule has 0 aliphatic heterocycles.